The van der Waals surface area contributed by atoms with E-state index in [9.17, 15) is 9.90 Å². The summed E-state index contributed by atoms with van der Waals surface area (Å²) in [6, 6.07) is -0.219. The number of aliphatic hydroxyl groups is 1. The molecule has 6 nitrogen and oxygen atoms in total. The Morgan fingerprint density at radius 3 is 2.78 bits per heavy atom. The standard InChI is InChI=1S/C12H24N2O4/c1-12(2,3)18-11(16)14-4-5-17-8-10(14)9(6-13)7-15/h9-10,15H,4-8,13H2,1-3H3. The number of nitrogens with two attached hydrogens (primary N) is 1. The van der Waals surface area contributed by atoms with Crippen LogP contribution in [0.3, 0.4) is 0 Å². The second kappa shape index (κ2) is 6.36. The molecule has 0 aromatic heterocycles. The maximum atomic E-state index is 12.1. The number of rotatable bonds is 3. The zero-order valence-electron chi connectivity index (χ0n) is 11.4. The van der Waals surface area contributed by atoms with Gasteiger partial charge >= 0.3 is 6.09 Å². The minimum atomic E-state index is -0.530. The van der Waals surface area contributed by atoms with E-state index in [1.807, 2.05) is 20.8 Å². The quantitative estimate of drug-likeness (QED) is 0.756. The minimum Gasteiger partial charge on any atom is -0.444 e. The number of ether oxygens (including phenoxy) is 2. The summed E-state index contributed by atoms with van der Waals surface area (Å²) in [4.78, 5) is 13.7. The minimum absolute atomic E-state index is 0.0657. The average Bonchev–Trinajstić information content (AvgIpc) is 2.29. The first-order valence-corrected chi connectivity index (χ1v) is 6.27. The molecule has 1 fully saturated rings. The van der Waals surface area contributed by atoms with E-state index >= 15 is 0 Å². The highest BCUT2D eigenvalue weighted by Crippen LogP contribution is 2.19. The SMILES string of the molecule is CC(C)(C)OC(=O)N1CCOCC1C(CN)CO. The smallest absolute Gasteiger partial charge is 0.410 e. The normalized spacial score (nSPS) is 22.7. The van der Waals surface area contributed by atoms with E-state index in [0.717, 1.165) is 0 Å². The van der Waals surface area contributed by atoms with Gasteiger partial charge in [0, 0.05) is 19.1 Å². The predicted molar refractivity (Wildman–Crippen MR) is 67.2 cm³/mol. The van der Waals surface area contributed by atoms with Crippen LogP contribution >= 0.6 is 0 Å². The lowest BCUT2D eigenvalue weighted by Gasteiger charge is -2.39. The molecule has 0 saturated carbocycles. The van der Waals surface area contributed by atoms with Gasteiger partial charge in [0.25, 0.3) is 0 Å². The molecule has 0 aliphatic carbocycles. The van der Waals surface area contributed by atoms with Crippen molar-refractivity contribution in [2.75, 3.05) is 32.9 Å². The van der Waals surface area contributed by atoms with E-state index in [0.29, 0.717) is 26.3 Å². The summed E-state index contributed by atoms with van der Waals surface area (Å²) < 4.78 is 10.7. The first-order valence-electron chi connectivity index (χ1n) is 6.27. The number of carbonyl (C=O) groups is 1. The molecule has 6 heteroatoms. The van der Waals surface area contributed by atoms with Crippen LogP contribution in [-0.4, -0.2) is 60.7 Å². The highest BCUT2D eigenvalue weighted by Gasteiger charge is 2.35. The van der Waals surface area contributed by atoms with Gasteiger partial charge in [-0.1, -0.05) is 0 Å². The van der Waals surface area contributed by atoms with E-state index in [4.69, 9.17) is 15.2 Å². The summed E-state index contributed by atoms with van der Waals surface area (Å²) in [5, 5.41) is 9.30. The van der Waals surface area contributed by atoms with Crippen LogP contribution in [0, 0.1) is 5.92 Å². The maximum Gasteiger partial charge on any atom is 0.410 e. The lowest BCUT2D eigenvalue weighted by molar-refractivity contribution is -0.0513. The highest BCUT2D eigenvalue weighted by molar-refractivity contribution is 5.68. The van der Waals surface area contributed by atoms with Crippen molar-refractivity contribution in [3.63, 3.8) is 0 Å². The van der Waals surface area contributed by atoms with Crippen molar-refractivity contribution >= 4 is 6.09 Å². The maximum absolute atomic E-state index is 12.1. The zero-order chi connectivity index (χ0) is 13.8. The largest absolute Gasteiger partial charge is 0.444 e. The van der Waals surface area contributed by atoms with Gasteiger partial charge in [-0.05, 0) is 27.3 Å². The summed E-state index contributed by atoms with van der Waals surface area (Å²) in [5.74, 6) is -0.183. The van der Waals surface area contributed by atoms with Crippen molar-refractivity contribution in [3.8, 4) is 0 Å². The van der Waals surface area contributed by atoms with E-state index in [1.54, 1.807) is 4.90 Å². The van der Waals surface area contributed by atoms with Gasteiger partial charge in [0.05, 0.1) is 19.3 Å². The molecule has 1 amide bonds. The fraction of sp³-hybridized carbons (Fsp3) is 0.917. The summed E-state index contributed by atoms with van der Waals surface area (Å²) in [6.07, 6.45) is -0.372. The van der Waals surface area contributed by atoms with Crippen LogP contribution in [0.2, 0.25) is 0 Å². The molecule has 0 aromatic rings. The van der Waals surface area contributed by atoms with Gasteiger partial charge in [0.1, 0.15) is 5.60 Å². The Kier molecular flexibility index (Phi) is 5.37. The van der Waals surface area contributed by atoms with Crippen LogP contribution < -0.4 is 5.73 Å². The molecule has 1 heterocycles. The van der Waals surface area contributed by atoms with Gasteiger partial charge in [-0.2, -0.15) is 0 Å². The number of hydrogen-bond donors (Lipinski definition) is 2. The molecule has 1 saturated heterocycles. The third kappa shape index (κ3) is 4.12. The molecule has 0 radical (unpaired) electrons. The number of nitrogens with zero attached hydrogens (tertiary/aromatic N) is 1. The molecule has 0 aromatic carbocycles. The van der Waals surface area contributed by atoms with Crippen LogP contribution in [0.1, 0.15) is 20.8 Å². The van der Waals surface area contributed by atoms with Gasteiger partial charge in [-0.15, -0.1) is 0 Å². The van der Waals surface area contributed by atoms with Crippen molar-refractivity contribution in [1.29, 1.82) is 0 Å². The van der Waals surface area contributed by atoms with E-state index in [2.05, 4.69) is 0 Å². The Bertz CT molecular complexity index is 274. The summed E-state index contributed by atoms with van der Waals surface area (Å²) in [5.41, 5.74) is 5.08. The monoisotopic (exact) mass is 260 g/mol. The molecule has 2 atom stereocenters. The third-order valence-corrected chi connectivity index (χ3v) is 2.87. The number of amides is 1. The van der Waals surface area contributed by atoms with Gasteiger partial charge in [-0.25, -0.2) is 4.79 Å². The van der Waals surface area contributed by atoms with Crippen LogP contribution in [0.4, 0.5) is 4.79 Å². The Hall–Kier alpha value is -0.850. The molecule has 106 valence electrons. The van der Waals surface area contributed by atoms with E-state index in [1.165, 1.54) is 0 Å². The van der Waals surface area contributed by atoms with Crippen LogP contribution in [-0.2, 0) is 9.47 Å². The zero-order valence-corrected chi connectivity index (χ0v) is 11.4. The number of morpholine rings is 1. The highest BCUT2D eigenvalue weighted by atomic mass is 16.6. The second-order valence-electron chi connectivity index (χ2n) is 5.49. The summed E-state index contributed by atoms with van der Waals surface area (Å²) >= 11 is 0. The molecule has 18 heavy (non-hydrogen) atoms. The van der Waals surface area contributed by atoms with Crippen molar-refractivity contribution in [1.82, 2.24) is 4.90 Å². The number of carbonyl (C=O) groups excluding carboxylic acids is 1. The fourth-order valence-electron chi connectivity index (χ4n) is 1.91. The Balaban J connectivity index is 2.72. The molecule has 1 aliphatic rings. The third-order valence-electron chi connectivity index (χ3n) is 2.87. The molecule has 0 bridgehead atoms. The van der Waals surface area contributed by atoms with Crippen LogP contribution in [0.25, 0.3) is 0 Å². The van der Waals surface area contributed by atoms with Gasteiger partial charge < -0.3 is 25.2 Å². The second-order valence-corrected chi connectivity index (χ2v) is 5.49. The first-order chi connectivity index (χ1) is 8.39. The fourth-order valence-corrected chi connectivity index (χ4v) is 1.91. The van der Waals surface area contributed by atoms with Crippen molar-refractivity contribution < 1.29 is 19.4 Å². The Morgan fingerprint density at radius 2 is 2.28 bits per heavy atom. The summed E-state index contributed by atoms with van der Waals surface area (Å²) in [7, 11) is 0. The lowest BCUT2D eigenvalue weighted by Crippen LogP contribution is -2.55. The van der Waals surface area contributed by atoms with Crippen molar-refractivity contribution in [3.05, 3.63) is 0 Å². The Labute approximate surface area is 108 Å². The summed E-state index contributed by atoms with van der Waals surface area (Å²) in [6.45, 7) is 7.07. The Morgan fingerprint density at radius 1 is 1.61 bits per heavy atom. The predicted octanol–water partition coefficient (Wildman–Crippen LogP) is 0.190. The molecule has 1 rings (SSSR count). The van der Waals surface area contributed by atoms with Crippen LogP contribution in [0.5, 0.6) is 0 Å². The molecule has 3 N–H and O–H groups in total. The number of aliphatic hydroxyl groups excluding tert-OH is 1. The van der Waals surface area contributed by atoms with Gasteiger partial charge in [0.2, 0.25) is 0 Å². The van der Waals surface area contributed by atoms with Crippen LogP contribution in [0.15, 0.2) is 0 Å². The molecule has 1 aliphatic heterocycles. The molecular formula is C12H24N2O4. The topological polar surface area (TPSA) is 85.0 Å². The van der Waals surface area contributed by atoms with Gasteiger partial charge in [0.15, 0.2) is 0 Å². The number of hydrogen-bond acceptors (Lipinski definition) is 5. The van der Waals surface area contributed by atoms with Crippen molar-refractivity contribution in [2.24, 2.45) is 11.7 Å². The molecule has 2 unspecified atom stereocenters. The van der Waals surface area contributed by atoms with E-state index < -0.39 is 5.60 Å². The van der Waals surface area contributed by atoms with E-state index in [-0.39, 0.29) is 24.7 Å². The molecular weight excluding hydrogens is 236 g/mol. The van der Waals surface area contributed by atoms with Crippen molar-refractivity contribution in [2.45, 2.75) is 32.4 Å². The van der Waals surface area contributed by atoms with Gasteiger partial charge in [-0.3, -0.25) is 0 Å². The lowest BCUT2D eigenvalue weighted by atomic mass is 9.99. The molecule has 0 spiro atoms. The first kappa shape index (κ1) is 15.2. The average molecular weight is 260 g/mol.